The highest BCUT2D eigenvalue weighted by molar-refractivity contribution is 5.92. The van der Waals surface area contributed by atoms with Crippen LogP contribution in [0, 0.1) is 0 Å². The van der Waals surface area contributed by atoms with Crippen LogP contribution in [0.25, 0.3) is 6.08 Å². The number of anilines is 1. The molecule has 3 saturated heterocycles. The molecule has 1 N–H and O–H groups in total. The average molecular weight is 356 g/mol. The fraction of sp³-hybridized carbons (Fsp3) is 0.474. The van der Waals surface area contributed by atoms with Gasteiger partial charge in [0.1, 0.15) is 0 Å². The molecule has 0 radical (unpaired) electrons. The number of hydrogen-bond acceptors (Lipinski definition) is 4. The van der Waals surface area contributed by atoms with Gasteiger partial charge in [0.15, 0.2) is 0 Å². The van der Waals surface area contributed by atoms with Gasteiger partial charge in [0.2, 0.25) is 5.91 Å². The van der Waals surface area contributed by atoms with E-state index in [0.29, 0.717) is 26.2 Å². The topological polar surface area (TPSA) is 65.1 Å². The lowest BCUT2D eigenvalue weighted by Crippen LogP contribution is -2.53. The van der Waals surface area contributed by atoms with E-state index in [1.807, 2.05) is 28.0 Å². The van der Waals surface area contributed by atoms with Crippen LogP contribution in [0.5, 0.6) is 0 Å². The van der Waals surface area contributed by atoms with E-state index in [-0.39, 0.29) is 18.0 Å². The van der Waals surface area contributed by atoms with Crippen molar-refractivity contribution >= 4 is 23.7 Å². The van der Waals surface area contributed by atoms with Gasteiger partial charge < -0.3 is 24.8 Å². The van der Waals surface area contributed by atoms with Gasteiger partial charge in [0.05, 0.1) is 19.3 Å². The third-order valence-electron chi connectivity index (χ3n) is 5.23. The Morgan fingerprint density at radius 3 is 2.65 bits per heavy atom. The van der Waals surface area contributed by atoms with Crippen LogP contribution in [0.15, 0.2) is 30.3 Å². The van der Waals surface area contributed by atoms with Gasteiger partial charge in [0, 0.05) is 51.0 Å². The Morgan fingerprint density at radius 1 is 1.12 bits per heavy atom. The Hall–Kier alpha value is -2.54. The fourth-order valence-corrected chi connectivity index (χ4v) is 3.69. The molecular weight excluding hydrogens is 332 g/mol. The number of piperazine rings is 1. The van der Waals surface area contributed by atoms with Gasteiger partial charge in [-0.05, 0) is 23.8 Å². The summed E-state index contributed by atoms with van der Waals surface area (Å²) in [5.74, 6) is 0.00116. The molecule has 3 aliphatic heterocycles. The van der Waals surface area contributed by atoms with E-state index in [9.17, 15) is 9.59 Å². The second-order valence-electron chi connectivity index (χ2n) is 6.84. The van der Waals surface area contributed by atoms with Crippen LogP contribution in [0.2, 0.25) is 0 Å². The van der Waals surface area contributed by atoms with Gasteiger partial charge in [0.25, 0.3) is 0 Å². The van der Waals surface area contributed by atoms with Gasteiger partial charge in [-0.2, -0.15) is 0 Å². The average Bonchev–Trinajstić information content (AvgIpc) is 3.07. The molecule has 4 rings (SSSR count). The zero-order chi connectivity index (χ0) is 17.9. The molecule has 0 spiro atoms. The maximum atomic E-state index is 12.4. The van der Waals surface area contributed by atoms with Gasteiger partial charge in [-0.3, -0.25) is 4.79 Å². The summed E-state index contributed by atoms with van der Waals surface area (Å²) >= 11 is 0. The van der Waals surface area contributed by atoms with E-state index in [0.717, 1.165) is 31.9 Å². The molecule has 0 aromatic heterocycles. The van der Waals surface area contributed by atoms with Crippen molar-refractivity contribution in [2.45, 2.75) is 6.04 Å². The van der Waals surface area contributed by atoms with E-state index in [1.54, 1.807) is 6.08 Å². The number of urea groups is 1. The first kappa shape index (κ1) is 16.9. The number of benzene rings is 1. The Bertz CT molecular complexity index is 697. The first-order valence-corrected chi connectivity index (χ1v) is 9.15. The molecule has 1 atom stereocenters. The smallest absolute Gasteiger partial charge is 0.317 e. The number of carbonyl (C=O) groups is 2. The van der Waals surface area contributed by atoms with Crippen LogP contribution in [0.4, 0.5) is 10.5 Å². The van der Waals surface area contributed by atoms with Crippen molar-refractivity contribution in [3.05, 3.63) is 35.9 Å². The molecule has 3 fully saturated rings. The summed E-state index contributed by atoms with van der Waals surface area (Å²) in [4.78, 5) is 30.0. The summed E-state index contributed by atoms with van der Waals surface area (Å²) in [6.45, 7) is 5.77. The summed E-state index contributed by atoms with van der Waals surface area (Å²) in [7, 11) is 0. The number of morpholine rings is 1. The molecule has 1 aromatic carbocycles. The summed E-state index contributed by atoms with van der Waals surface area (Å²) < 4.78 is 5.38. The molecule has 3 aliphatic rings. The normalized spacial score (nSPS) is 23.3. The van der Waals surface area contributed by atoms with Crippen LogP contribution in [0.3, 0.4) is 0 Å². The highest BCUT2D eigenvalue weighted by Crippen LogP contribution is 2.18. The largest absolute Gasteiger partial charge is 0.378 e. The molecule has 1 aromatic rings. The quantitative estimate of drug-likeness (QED) is 0.813. The molecule has 3 heterocycles. The molecule has 0 saturated carbocycles. The van der Waals surface area contributed by atoms with Crippen LogP contribution < -0.4 is 10.2 Å². The Morgan fingerprint density at radius 2 is 1.88 bits per heavy atom. The summed E-state index contributed by atoms with van der Waals surface area (Å²) in [5, 5.41) is 2.83. The summed E-state index contributed by atoms with van der Waals surface area (Å²) in [5.41, 5.74) is 2.19. The van der Waals surface area contributed by atoms with Crippen molar-refractivity contribution in [2.24, 2.45) is 0 Å². The Balaban J connectivity index is 1.34. The van der Waals surface area contributed by atoms with Gasteiger partial charge in [-0.15, -0.1) is 0 Å². The number of nitrogens with one attached hydrogen (secondary N) is 1. The van der Waals surface area contributed by atoms with Gasteiger partial charge in [-0.25, -0.2) is 4.79 Å². The molecule has 0 unspecified atom stereocenters. The summed E-state index contributed by atoms with van der Waals surface area (Å²) in [6.07, 6.45) is 3.49. The van der Waals surface area contributed by atoms with Gasteiger partial charge >= 0.3 is 6.03 Å². The zero-order valence-corrected chi connectivity index (χ0v) is 14.8. The predicted molar refractivity (Wildman–Crippen MR) is 99.0 cm³/mol. The standard InChI is InChI=1S/C19H24N4O3/c24-18(22-7-8-23-17(14-22)13-20-19(23)25)6-3-15-1-4-16(5-2-15)21-9-11-26-12-10-21/h1-6,17H,7-14H2,(H,20,25)/b6-3-/t17-/m0/s1. The minimum Gasteiger partial charge on any atom is -0.378 e. The molecule has 0 aliphatic carbocycles. The van der Waals surface area contributed by atoms with Crippen molar-refractivity contribution < 1.29 is 14.3 Å². The van der Waals surface area contributed by atoms with Crippen molar-refractivity contribution in [3.63, 3.8) is 0 Å². The number of fused-ring (bicyclic) bond motifs is 1. The minimum atomic E-state index is -0.0157. The van der Waals surface area contributed by atoms with Crippen LogP contribution in [0.1, 0.15) is 5.56 Å². The van der Waals surface area contributed by atoms with E-state index < -0.39 is 0 Å². The monoisotopic (exact) mass is 356 g/mol. The number of hydrogen-bond donors (Lipinski definition) is 1. The molecule has 7 nitrogen and oxygen atoms in total. The lowest BCUT2D eigenvalue weighted by Gasteiger charge is -2.35. The predicted octanol–water partition coefficient (Wildman–Crippen LogP) is 0.772. The first-order chi connectivity index (χ1) is 12.7. The number of nitrogens with zero attached hydrogens (tertiary/aromatic N) is 3. The maximum absolute atomic E-state index is 12.4. The molecular formula is C19H24N4O3. The number of amides is 3. The number of carbonyl (C=O) groups excluding carboxylic acids is 2. The van der Waals surface area contributed by atoms with Crippen molar-refractivity contribution in [1.29, 1.82) is 0 Å². The van der Waals surface area contributed by atoms with Gasteiger partial charge in [-0.1, -0.05) is 12.1 Å². The van der Waals surface area contributed by atoms with Crippen molar-refractivity contribution in [2.75, 3.05) is 57.4 Å². The van der Waals surface area contributed by atoms with E-state index in [4.69, 9.17) is 4.74 Å². The minimum absolute atomic E-state index is 0.00116. The third-order valence-corrected chi connectivity index (χ3v) is 5.23. The molecule has 0 bridgehead atoms. The van der Waals surface area contributed by atoms with E-state index in [2.05, 4.69) is 22.3 Å². The molecule has 26 heavy (non-hydrogen) atoms. The lowest BCUT2D eigenvalue weighted by molar-refractivity contribution is -0.128. The first-order valence-electron chi connectivity index (χ1n) is 9.15. The van der Waals surface area contributed by atoms with Crippen molar-refractivity contribution in [3.8, 4) is 0 Å². The SMILES string of the molecule is O=C(/C=C\c1ccc(N2CCOCC2)cc1)N1CCN2C(=O)NC[C@H]2C1. The number of rotatable bonds is 3. The Kier molecular flexibility index (Phi) is 4.79. The molecule has 3 amide bonds. The lowest BCUT2D eigenvalue weighted by atomic mass is 10.1. The molecule has 138 valence electrons. The second kappa shape index (κ2) is 7.37. The van der Waals surface area contributed by atoms with Crippen LogP contribution in [-0.2, 0) is 9.53 Å². The third kappa shape index (κ3) is 3.53. The van der Waals surface area contributed by atoms with E-state index >= 15 is 0 Å². The summed E-state index contributed by atoms with van der Waals surface area (Å²) in [6, 6.07) is 8.33. The zero-order valence-electron chi connectivity index (χ0n) is 14.8. The Labute approximate surface area is 153 Å². The van der Waals surface area contributed by atoms with Crippen LogP contribution >= 0.6 is 0 Å². The fourth-order valence-electron chi connectivity index (χ4n) is 3.69. The maximum Gasteiger partial charge on any atom is 0.317 e. The highest BCUT2D eigenvalue weighted by Gasteiger charge is 2.36. The van der Waals surface area contributed by atoms with Crippen molar-refractivity contribution in [1.82, 2.24) is 15.1 Å². The highest BCUT2D eigenvalue weighted by atomic mass is 16.5. The second-order valence-corrected chi connectivity index (χ2v) is 6.84. The molecule has 7 heteroatoms. The van der Waals surface area contributed by atoms with E-state index in [1.165, 1.54) is 5.69 Å². The van der Waals surface area contributed by atoms with Crippen LogP contribution in [-0.4, -0.2) is 80.3 Å². The number of ether oxygens (including phenoxy) is 1.